The Bertz CT molecular complexity index is 611. The quantitative estimate of drug-likeness (QED) is 0.659. The largest absolute Gasteiger partial charge is 0.446 e. The van der Waals surface area contributed by atoms with Gasteiger partial charge < -0.3 is 5.32 Å². The molecule has 2 rings (SSSR count). The summed E-state index contributed by atoms with van der Waals surface area (Å²) >= 11 is 3.36. The first-order chi connectivity index (χ1) is 9.83. The second-order valence-electron chi connectivity index (χ2n) is 4.51. The van der Waals surface area contributed by atoms with Gasteiger partial charge in [0.1, 0.15) is 0 Å². The lowest BCUT2D eigenvalue weighted by Gasteiger charge is -2.09. The molecule has 0 atom stereocenters. The molecule has 6 heteroatoms. The molecule has 0 spiro atoms. The average Bonchev–Trinajstić information content (AvgIpc) is 2.40. The van der Waals surface area contributed by atoms with E-state index in [1.54, 1.807) is 12.1 Å². The van der Waals surface area contributed by atoms with Crippen LogP contribution in [0.15, 0.2) is 51.8 Å². The third-order valence-corrected chi connectivity index (χ3v) is 4.42. The molecular formula is C15H13BrF3NS. The number of nitrogens with one attached hydrogen (secondary N) is 1. The van der Waals surface area contributed by atoms with Gasteiger partial charge in [0.2, 0.25) is 0 Å². The highest BCUT2D eigenvalue weighted by Crippen LogP contribution is 2.36. The van der Waals surface area contributed by atoms with Gasteiger partial charge in [-0.25, -0.2) is 0 Å². The fraction of sp³-hybridized carbons (Fsp3) is 0.200. The minimum absolute atomic E-state index is 0.0991. The summed E-state index contributed by atoms with van der Waals surface area (Å²) in [5.74, 6) is 0. The number of anilines is 1. The van der Waals surface area contributed by atoms with Crippen LogP contribution in [0.5, 0.6) is 0 Å². The maximum absolute atomic E-state index is 12.2. The fourth-order valence-corrected chi connectivity index (χ4v) is 2.63. The van der Waals surface area contributed by atoms with Crippen molar-refractivity contribution >= 4 is 33.4 Å². The lowest BCUT2D eigenvalue weighted by molar-refractivity contribution is -0.0328. The molecular weight excluding hydrogens is 363 g/mol. The molecule has 0 fully saturated rings. The third kappa shape index (κ3) is 5.28. The van der Waals surface area contributed by atoms with E-state index in [1.807, 2.05) is 25.1 Å². The molecule has 0 radical (unpaired) electrons. The summed E-state index contributed by atoms with van der Waals surface area (Å²) in [6.07, 6.45) is 0. The lowest BCUT2D eigenvalue weighted by atomic mass is 10.2. The van der Waals surface area contributed by atoms with Crippen LogP contribution >= 0.6 is 27.7 Å². The van der Waals surface area contributed by atoms with Crippen molar-refractivity contribution in [3.8, 4) is 0 Å². The molecule has 0 unspecified atom stereocenters. The Morgan fingerprint density at radius 2 is 1.76 bits per heavy atom. The zero-order valence-corrected chi connectivity index (χ0v) is 13.6. The van der Waals surface area contributed by atoms with E-state index in [0.29, 0.717) is 6.54 Å². The van der Waals surface area contributed by atoms with Gasteiger partial charge in [-0.3, -0.25) is 0 Å². The Morgan fingerprint density at radius 1 is 1.10 bits per heavy atom. The maximum atomic E-state index is 12.2. The molecule has 0 amide bonds. The lowest BCUT2D eigenvalue weighted by Crippen LogP contribution is -2.01. The second-order valence-corrected chi connectivity index (χ2v) is 6.50. The highest BCUT2D eigenvalue weighted by atomic mass is 79.9. The summed E-state index contributed by atoms with van der Waals surface area (Å²) in [6.45, 7) is 2.57. The van der Waals surface area contributed by atoms with Gasteiger partial charge in [0.25, 0.3) is 0 Å². The zero-order valence-electron chi connectivity index (χ0n) is 11.2. The van der Waals surface area contributed by atoms with Crippen LogP contribution in [-0.2, 0) is 6.54 Å². The van der Waals surface area contributed by atoms with Gasteiger partial charge in [-0.05, 0) is 54.1 Å². The number of thioether (sulfide) groups is 1. The van der Waals surface area contributed by atoms with Gasteiger partial charge in [-0.15, -0.1) is 0 Å². The molecule has 0 aliphatic carbocycles. The molecule has 21 heavy (non-hydrogen) atoms. The summed E-state index contributed by atoms with van der Waals surface area (Å²) in [7, 11) is 0. The van der Waals surface area contributed by atoms with E-state index in [4.69, 9.17) is 0 Å². The number of benzene rings is 2. The number of hydrogen-bond donors (Lipinski definition) is 1. The van der Waals surface area contributed by atoms with Crippen molar-refractivity contribution in [1.82, 2.24) is 0 Å². The molecule has 0 aliphatic rings. The molecule has 112 valence electrons. The Labute approximate surface area is 134 Å². The van der Waals surface area contributed by atoms with Crippen LogP contribution in [-0.4, -0.2) is 5.51 Å². The molecule has 0 aromatic heterocycles. The molecule has 1 nitrogen and oxygen atoms in total. The van der Waals surface area contributed by atoms with E-state index >= 15 is 0 Å². The normalized spacial score (nSPS) is 11.5. The fourth-order valence-electron chi connectivity index (χ4n) is 1.72. The summed E-state index contributed by atoms with van der Waals surface area (Å²) in [5.41, 5.74) is -1.21. The minimum atomic E-state index is -4.24. The molecule has 0 aliphatic heterocycles. The zero-order chi connectivity index (χ0) is 15.5. The number of rotatable bonds is 4. The topological polar surface area (TPSA) is 12.0 Å². The van der Waals surface area contributed by atoms with E-state index in [1.165, 1.54) is 12.1 Å². The minimum Gasteiger partial charge on any atom is -0.381 e. The number of alkyl halides is 3. The molecule has 0 heterocycles. The number of aryl methyl sites for hydroxylation is 1. The van der Waals surface area contributed by atoms with Gasteiger partial charge in [-0.1, -0.05) is 34.1 Å². The van der Waals surface area contributed by atoms with Crippen molar-refractivity contribution < 1.29 is 13.2 Å². The predicted octanol–water partition coefficient (Wildman–Crippen LogP) is 5.98. The summed E-state index contributed by atoms with van der Waals surface area (Å²) in [5, 5.41) is 3.24. The van der Waals surface area contributed by atoms with E-state index < -0.39 is 5.51 Å². The highest BCUT2D eigenvalue weighted by molar-refractivity contribution is 9.10. The van der Waals surface area contributed by atoms with Crippen molar-refractivity contribution in [3.05, 3.63) is 58.1 Å². The van der Waals surface area contributed by atoms with Crippen molar-refractivity contribution in [3.63, 3.8) is 0 Å². The molecule has 0 saturated heterocycles. The third-order valence-electron chi connectivity index (χ3n) is 2.83. The SMILES string of the molecule is Cc1ccc(NCc2ccc(SC(F)(F)F)cc2)cc1Br. The first-order valence-electron chi connectivity index (χ1n) is 6.18. The van der Waals surface area contributed by atoms with E-state index in [2.05, 4.69) is 21.2 Å². The Morgan fingerprint density at radius 3 is 2.33 bits per heavy atom. The summed E-state index contributed by atoms with van der Waals surface area (Å²) < 4.78 is 37.7. The monoisotopic (exact) mass is 375 g/mol. The van der Waals surface area contributed by atoms with Crippen LogP contribution < -0.4 is 5.32 Å². The summed E-state index contributed by atoms with van der Waals surface area (Å²) in [4.78, 5) is 0.198. The van der Waals surface area contributed by atoms with E-state index in [-0.39, 0.29) is 16.7 Å². The van der Waals surface area contributed by atoms with E-state index in [9.17, 15) is 13.2 Å². The van der Waals surface area contributed by atoms with Crippen LogP contribution in [0.3, 0.4) is 0 Å². The predicted molar refractivity (Wildman–Crippen MR) is 84.6 cm³/mol. The van der Waals surface area contributed by atoms with Crippen LogP contribution in [0, 0.1) is 6.92 Å². The van der Waals surface area contributed by atoms with Crippen LogP contribution in [0.4, 0.5) is 18.9 Å². The van der Waals surface area contributed by atoms with Gasteiger partial charge in [0, 0.05) is 21.6 Å². The number of halogens is 4. The average molecular weight is 376 g/mol. The van der Waals surface area contributed by atoms with Crippen LogP contribution in [0.25, 0.3) is 0 Å². The number of hydrogen-bond acceptors (Lipinski definition) is 2. The Balaban J connectivity index is 1.96. The van der Waals surface area contributed by atoms with Gasteiger partial charge in [-0.2, -0.15) is 13.2 Å². The van der Waals surface area contributed by atoms with Crippen molar-refractivity contribution in [2.45, 2.75) is 23.9 Å². The highest BCUT2D eigenvalue weighted by Gasteiger charge is 2.28. The molecule has 2 aromatic carbocycles. The van der Waals surface area contributed by atoms with Crippen molar-refractivity contribution in [2.24, 2.45) is 0 Å². The Kier molecular flexibility index (Phi) is 5.22. The van der Waals surface area contributed by atoms with Crippen molar-refractivity contribution in [1.29, 1.82) is 0 Å². The molecule has 0 bridgehead atoms. The summed E-state index contributed by atoms with van der Waals surface area (Å²) in [6, 6.07) is 12.3. The maximum Gasteiger partial charge on any atom is 0.446 e. The van der Waals surface area contributed by atoms with Crippen LogP contribution in [0.2, 0.25) is 0 Å². The smallest absolute Gasteiger partial charge is 0.381 e. The van der Waals surface area contributed by atoms with E-state index in [0.717, 1.165) is 21.3 Å². The first-order valence-corrected chi connectivity index (χ1v) is 7.79. The molecule has 2 aromatic rings. The van der Waals surface area contributed by atoms with Crippen LogP contribution in [0.1, 0.15) is 11.1 Å². The Hall–Kier alpha value is -1.14. The molecule has 0 saturated carbocycles. The van der Waals surface area contributed by atoms with Gasteiger partial charge >= 0.3 is 5.51 Å². The first kappa shape index (κ1) is 16.2. The second kappa shape index (κ2) is 6.75. The van der Waals surface area contributed by atoms with Gasteiger partial charge in [0.15, 0.2) is 0 Å². The van der Waals surface area contributed by atoms with Gasteiger partial charge in [0.05, 0.1) is 0 Å². The molecule has 1 N–H and O–H groups in total. The standard InChI is InChI=1S/C15H13BrF3NS/c1-10-2-5-12(8-14(10)16)20-9-11-3-6-13(7-4-11)21-15(17,18)19/h2-8,20H,9H2,1H3. The van der Waals surface area contributed by atoms with Crippen molar-refractivity contribution in [2.75, 3.05) is 5.32 Å².